The highest BCUT2D eigenvalue weighted by atomic mass is 35.5. The Morgan fingerprint density at radius 2 is 1.79 bits per heavy atom. The minimum absolute atomic E-state index is 0.564. The molecule has 0 spiro atoms. The molecule has 19 heavy (non-hydrogen) atoms. The van der Waals surface area contributed by atoms with Crippen molar-refractivity contribution in [3.63, 3.8) is 0 Å². The normalized spacial score (nSPS) is 10.6. The zero-order valence-corrected chi connectivity index (χ0v) is 10.8. The van der Waals surface area contributed by atoms with E-state index in [0.717, 1.165) is 11.1 Å². The fourth-order valence-corrected chi connectivity index (χ4v) is 1.95. The zero-order chi connectivity index (χ0) is 13.2. The van der Waals surface area contributed by atoms with Crippen LogP contribution < -0.4 is 5.73 Å². The molecule has 1 aromatic heterocycles. The third kappa shape index (κ3) is 2.46. The van der Waals surface area contributed by atoms with E-state index in [1.807, 2.05) is 36.4 Å². The maximum absolute atomic E-state index is 5.85. The van der Waals surface area contributed by atoms with Crippen molar-refractivity contribution in [2.75, 3.05) is 5.73 Å². The maximum atomic E-state index is 5.85. The minimum atomic E-state index is 0.564. The van der Waals surface area contributed by atoms with Gasteiger partial charge >= 0.3 is 0 Å². The molecule has 0 saturated carbocycles. The fourth-order valence-electron chi connectivity index (χ4n) is 1.83. The number of nitrogens with zero attached hydrogens (tertiary/aromatic N) is 1. The molecular formula is C15H11ClN2O. The van der Waals surface area contributed by atoms with Crippen molar-refractivity contribution in [1.29, 1.82) is 0 Å². The molecular weight excluding hydrogens is 260 g/mol. The van der Waals surface area contributed by atoms with Crippen LogP contribution in [0.5, 0.6) is 0 Å². The van der Waals surface area contributed by atoms with Gasteiger partial charge in [0.05, 0.1) is 6.20 Å². The first-order chi connectivity index (χ1) is 9.22. The van der Waals surface area contributed by atoms with Crippen LogP contribution in [0.4, 0.5) is 5.69 Å². The Bertz CT molecular complexity index is 704. The average Bonchev–Trinajstić information content (AvgIpc) is 2.89. The molecule has 2 N–H and O–H groups in total. The lowest BCUT2D eigenvalue weighted by Gasteiger charge is -1.98. The number of nitrogen functional groups attached to an aromatic ring is 1. The lowest BCUT2D eigenvalue weighted by atomic mass is 10.2. The number of nitrogens with two attached hydrogens (primary N) is 1. The molecule has 0 aliphatic rings. The molecule has 3 aromatic rings. The number of anilines is 1. The van der Waals surface area contributed by atoms with Gasteiger partial charge in [-0.1, -0.05) is 23.7 Å². The molecule has 4 heteroatoms. The average molecular weight is 271 g/mol. The van der Waals surface area contributed by atoms with Gasteiger partial charge in [-0.15, -0.1) is 0 Å². The third-order valence-corrected chi connectivity index (χ3v) is 3.02. The fraction of sp³-hybridized carbons (Fsp3) is 0. The molecule has 0 bridgehead atoms. The van der Waals surface area contributed by atoms with Crippen molar-refractivity contribution in [1.82, 2.24) is 4.98 Å². The molecule has 94 valence electrons. The molecule has 1 heterocycles. The van der Waals surface area contributed by atoms with E-state index >= 15 is 0 Å². The van der Waals surface area contributed by atoms with Gasteiger partial charge in [-0.05, 0) is 36.4 Å². The summed E-state index contributed by atoms with van der Waals surface area (Å²) in [6.07, 6.45) is 1.69. The van der Waals surface area contributed by atoms with E-state index in [4.69, 9.17) is 21.8 Å². The van der Waals surface area contributed by atoms with Gasteiger partial charge in [-0.2, -0.15) is 0 Å². The van der Waals surface area contributed by atoms with Crippen molar-refractivity contribution < 1.29 is 4.42 Å². The number of aromatic nitrogens is 1. The summed E-state index contributed by atoms with van der Waals surface area (Å²) in [5.74, 6) is 1.26. The number of hydrogen-bond donors (Lipinski definition) is 1. The summed E-state index contributed by atoms with van der Waals surface area (Å²) in [5.41, 5.74) is 8.25. The zero-order valence-electron chi connectivity index (χ0n) is 10.0. The van der Waals surface area contributed by atoms with E-state index in [1.165, 1.54) is 0 Å². The van der Waals surface area contributed by atoms with Crippen LogP contribution in [-0.2, 0) is 0 Å². The number of halogens is 1. The van der Waals surface area contributed by atoms with E-state index < -0.39 is 0 Å². The van der Waals surface area contributed by atoms with Crippen molar-refractivity contribution in [3.8, 4) is 22.8 Å². The summed E-state index contributed by atoms with van der Waals surface area (Å²) in [5, 5.41) is 0.686. The molecule has 0 fully saturated rings. The largest absolute Gasteiger partial charge is 0.436 e. The van der Waals surface area contributed by atoms with Crippen molar-refractivity contribution >= 4 is 17.3 Å². The Morgan fingerprint density at radius 3 is 2.53 bits per heavy atom. The summed E-state index contributed by atoms with van der Waals surface area (Å²) in [7, 11) is 0. The second kappa shape index (κ2) is 4.78. The number of oxazole rings is 1. The highest BCUT2D eigenvalue weighted by Crippen LogP contribution is 2.27. The van der Waals surface area contributed by atoms with Crippen molar-refractivity contribution in [2.24, 2.45) is 0 Å². The first-order valence-electron chi connectivity index (χ1n) is 5.80. The van der Waals surface area contributed by atoms with Crippen LogP contribution in [0.15, 0.2) is 59.1 Å². The SMILES string of the molecule is Nc1cccc(-c2cnc(-c3ccc(Cl)cc3)o2)c1. The molecule has 3 nitrogen and oxygen atoms in total. The van der Waals surface area contributed by atoms with Gasteiger partial charge in [0.15, 0.2) is 5.76 Å². The standard InChI is InChI=1S/C15H11ClN2O/c16-12-6-4-10(5-7-12)15-18-9-14(19-15)11-2-1-3-13(17)8-11/h1-9H,17H2. The maximum Gasteiger partial charge on any atom is 0.226 e. The summed E-state index contributed by atoms with van der Waals surface area (Å²) < 4.78 is 5.74. The summed E-state index contributed by atoms with van der Waals surface area (Å²) in [6, 6.07) is 14.9. The molecule has 0 radical (unpaired) electrons. The van der Waals surface area contributed by atoms with Gasteiger partial charge in [-0.3, -0.25) is 0 Å². The molecule has 3 rings (SSSR count). The number of hydrogen-bond acceptors (Lipinski definition) is 3. The molecule has 2 aromatic carbocycles. The number of benzene rings is 2. The third-order valence-electron chi connectivity index (χ3n) is 2.77. The Labute approximate surface area is 115 Å². The lowest BCUT2D eigenvalue weighted by molar-refractivity contribution is 0.589. The van der Waals surface area contributed by atoms with Crippen LogP contribution in [0.1, 0.15) is 0 Å². The van der Waals surface area contributed by atoms with Gasteiger partial charge in [0.2, 0.25) is 5.89 Å². The molecule has 0 aliphatic carbocycles. The first-order valence-corrected chi connectivity index (χ1v) is 6.18. The summed E-state index contributed by atoms with van der Waals surface area (Å²) >= 11 is 5.85. The minimum Gasteiger partial charge on any atom is -0.436 e. The predicted molar refractivity (Wildman–Crippen MR) is 76.8 cm³/mol. The quantitative estimate of drug-likeness (QED) is 0.709. The van der Waals surface area contributed by atoms with E-state index in [-0.39, 0.29) is 0 Å². The summed E-state index contributed by atoms with van der Waals surface area (Å²) in [6.45, 7) is 0. The molecule has 0 saturated heterocycles. The van der Waals surface area contributed by atoms with Gasteiger partial charge in [0.1, 0.15) is 0 Å². The molecule has 0 atom stereocenters. The smallest absolute Gasteiger partial charge is 0.226 e. The van der Waals surface area contributed by atoms with Crippen LogP contribution in [0, 0.1) is 0 Å². The second-order valence-corrected chi connectivity index (χ2v) is 4.60. The molecule has 0 aliphatic heterocycles. The Kier molecular flexibility index (Phi) is 2.97. The predicted octanol–water partition coefficient (Wildman–Crippen LogP) is 4.24. The first kappa shape index (κ1) is 11.8. The van der Waals surface area contributed by atoms with Gasteiger partial charge in [0.25, 0.3) is 0 Å². The van der Waals surface area contributed by atoms with Crippen molar-refractivity contribution in [3.05, 3.63) is 59.8 Å². The summed E-state index contributed by atoms with van der Waals surface area (Å²) in [4.78, 5) is 4.27. The van der Waals surface area contributed by atoms with Crippen LogP contribution >= 0.6 is 11.6 Å². The Hall–Kier alpha value is -2.26. The Morgan fingerprint density at radius 1 is 1.00 bits per heavy atom. The Balaban J connectivity index is 1.97. The van der Waals surface area contributed by atoms with E-state index in [0.29, 0.717) is 22.4 Å². The highest BCUT2D eigenvalue weighted by Gasteiger charge is 2.08. The molecule has 0 unspecified atom stereocenters. The second-order valence-electron chi connectivity index (χ2n) is 4.16. The van der Waals surface area contributed by atoms with Crippen LogP contribution in [-0.4, -0.2) is 4.98 Å². The topological polar surface area (TPSA) is 52.0 Å². The van der Waals surface area contributed by atoms with Crippen molar-refractivity contribution in [2.45, 2.75) is 0 Å². The van der Waals surface area contributed by atoms with E-state index in [2.05, 4.69) is 4.98 Å². The van der Waals surface area contributed by atoms with Crippen LogP contribution in [0.3, 0.4) is 0 Å². The number of rotatable bonds is 2. The molecule has 0 amide bonds. The van der Waals surface area contributed by atoms with Crippen LogP contribution in [0.2, 0.25) is 5.02 Å². The van der Waals surface area contributed by atoms with E-state index in [9.17, 15) is 0 Å². The highest BCUT2D eigenvalue weighted by molar-refractivity contribution is 6.30. The van der Waals surface area contributed by atoms with E-state index in [1.54, 1.807) is 18.3 Å². The van der Waals surface area contributed by atoms with Gasteiger partial charge < -0.3 is 10.2 Å². The van der Waals surface area contributed by atoms with Crippen LogP contribution in [0.25, 0.3) is 22.8 Å². The lowest BCUT2D eigenvalue weighted by Crippen LogP contribution is -1.83. The monoisotopic (exact) mass is 270 g/mol. The van der Waals surface area contributed by atoms with Gasteiger partial charge in [-0.25, -0.2) is 4.98 Å². The van der Waals surface area contributed by atoms with Gasteiger partial charge in [0, 0.05) is 21.8 Å².